The van der Waals surface area contributed by atoms with Crippen molar-refractivity contribution in [2.45, 2.75) is 18.8 Å². The van der Waals surface area contributed by atoms with Gasteiger partial charge in [-0.2, -0.15) is 0 Å². The third kappa shape index (κ3) is 3.27. The summed E-state index contributed by atoms with van der Waals surface area (Å²) >= 11 is 2.08. The second kappa shape index (κ2) is 5.90. The van der Waals surface area contributed by atoms with Crippen molar-refractivity contribution in [1.82, 2.24) is 5.16 Å². The zero-order chi connectivity index (χ0) is 16.8. The highest BCUT2D eigenvalue weighted by Crippen LogP contribution is 2.42. The van der Waals surface area contributed by atoms with E-state index in [0.29, 0.717) is 22.6 Å². The van der Waals surface area contributed by atoms with E-state index in [4.69, 9.17) is 4.52 Å². The molecule has 1 aliphatic carbocycles. The Hall–Kier alpha value is -1.42. The summed E-state index contributed by atoms with van der Waals surface area (Å²) in [7, 11) is -2.04. The predicted molar refractivity (Wildman–Crippen MR) is 94.3 cm³/mol. The van der Waals surface area contributed by atoms with E-state index < -0.39 is 10.0 Å². The molecule has 0 saturated heterocycles. The van der Waals surface area contributed by atoms with E-state index in [1.807, 2.05) is 0 Å². The number of nitrogens with zero attached hydrogens (tertiary/aromatic N) is 2. The largest absolute Gasteiger partial charge is 0.360 e. The molecule has 1 saturated carbocycles. The highest BCUT2D eigenvalue weighted by molar-refractivity contribution is 14.1. The monoisotopic (exact) mass is 446 g/mol. The number of benzene rings is 1. The molecule has 0 amide bonds. The summed E-state index contributed by atoms with van der Waals surface area (Å²) in [6.45, 7) is 0. The van der Waals surface area contributed by atoms with Crippen LogP contribution in [0.5, 0.6) is 0 Å². The smallest absolute Gasteiger partial charge is 0.232 e. The van der Waals surface area contributed by atoms with Crippen molar-refractivity contribution < 1.29 is 17.7 Å². The first-order valence-electron chi connectivity index (χ1n) is 7.01. The van der Waals surface area contributed by atoms with Crippen LogP contribution in [0, 0.1) is 3.57 Å². The van der Waals surface area contributed by atoms with Gasteiger partial charge >= 0.3 is 0 Å². The van der Waals surface area contributed by atoms with Crippen LogP contribution in [0.15, 0.2) is 28.9 Å². The van der Waals surface area contributed by atoms with Crippen LogP contribution in [0.3, 0.4) is 0 Å². The first-order valence-corrected chi connectivity index (χ1v) is 9.94. The zero-order valence-corrected chi connectivity index (χ0v) is 15.6. The maximum absolute atomic E-state index is 12.9. The molecule has 3 rings (SSSR count). The number of aromatic nitrogens is 1. The van der Waals surface area contributed by atoms with Crippen LogP contribution in [0.2, 0.25) is 0 Å². The van der Waals surface area contributed by atoms with Crippen molar-refractivity contribution in [2.75, 3.05) is 17.6 Å². The average Bonchev–Trinajstić information content (AvgIpc) is 3.22. The summed E-state index contributed by atoms with van der Waals surface area (Å²) in [5, 5.41) is 3.74. The van der Waals surface area contributed by atoms with Crippen molar-refractivity contribution in [3.8, 4) is 0 Å². The van der Waals surface area contributed by atoms with Crippen molar-refractivity contribution >= 4 is 44.1 Å². The summed E-state index contributed by atoms with van der Waals surface area (Å²) in [6.07, 6.45) is 4.49. The number of carbonyl (C=O) groups is 1. The van der Waals surface area contributed by atoms with Crippen LogP contribution >= 0.6 is 22.6 Å². The van der Waals surface area contributed by atoms with E-state index in [1.54, 1.807) is 18.2 Å². The Morgan fingerprint density at radius 2 is 2.04 bits per heavy atom. The fourth-order valence-corrected chi connectivity index (χ4v) is 3.32. The standard InChI is InChI=1S/C15H15IN2O4S/c1-18(23(2,20)21)13-7-10(16)5-6-11(13)14(19)12-8-17-22-15(12)9-3-4-9/h5-9H,3-4H2,1-2H3. The minimum atomic E-state index is -3.47. The van der Waals surface area contributed by atoms with Crippen LogP contribution in [0.25, 0.3) is 0 Å². The molecule has 1 heterocycles. The molecule has 1 fully saturated rings. The molecule has 0 unspecified atom stereocenters. The molecule has 23 heavy (non-hydrogen) atoms. The first-order chi connectivity index (χ1) is 10.8. The van der Waals surface area contributed by atoms with Crippen molar-refractivity contribution in [3.63, 3.8) is 0 Å². The number of ketones is 1. The van der Waals surface area contributed by atoms with Crippen molar-refractivity contribution in [1.29, 1.82) is 0 Å². The van der Waals surface area contributed by atoms with E-state index in [1.165, 1.54) is 13.2 Å². The molecular formula is C15H15IN2O4S. The second-order valence-electron chi connectivity index (χ2n) is 5.60. The van der Waals surface area contributed by atoms with Gasteiger partial charge in [-0.15, -0.1) is 0 Å². The maximum atomic E-state index is 12.9. The van der Waals surface area contributed by atoms with Gasteiger partial charge in [-0.05, 0) is 53.6 Å². The number of rotatable bonds is 5. The zero-order valence-electron chi connectivity index (χ0n) is 12.6. The number of hydrogen-bond donors (Lipinski definition) is 0. The molecule has 1 aliphatic rings. The van der Waals surface area contributed by atoms with Crippen LogP contribution < -0.4 is 4.31 Å². The molecule has 1 aromatic heterocycles. The number of anilines is 1. The molecule has 0 radical (unpaired) electrons. The van der Waals surface area contributed by atoms with Crippen LogP contribution in [-0.4, -0.2) is 32.7 Å². The highest BCUT2D eigenvalue weighted by atomic mass is 127. The summed E-state index contributed by atoms with van der Waals surface area (Å²) < 4.78 is 30.9. The Balaban J connectivity index is 2.09. The normalized spacial score (nSPS) is 14.7. The molecule has 0 N–H and O–H groups in total. The third-order valence-corrected chi connectivity index (χ3v) is 5.69. The lowest BCUT2D eigenvalue weighted by molar-refractivity contribution is 0.103. The lowest BCUT2D eigenvalue weighted by Crippen LogP contribution is -2.27. The molecule has 2 aromatic rings. The fraction of sp³-hybridized carbons (Fsp3) is 0.333. The van der Waals surface area contributed by atoms with Gasteiger partial charge in [-0.25, -0.2) is 8.42 Å². The SMILES string of the molecule is CN(c1cc(I)ccc1C(=O)c1cnoc1C1CC1)S(C)(=O)=O. The highest BCUT2D eigenvalue weighted by Gasteiger charge is 2.33. The summed E-state index contributed by atoms with van der Waals surface area (Å²) in [6, 6.07) is 5.10. The molecule has 6 nitrogen and oxygen atoms in total. The van der Waals surface area contributed by atoms with Crippen LogP contribution in [0.4, 0.5) is 5.69 Å². The topological polar surface area (TPSA) is 80.5 Å². The lowest BCUT2D eigenvalue weighted by Gasteiger charge is -2.20. The van der Waals surface area contributed by atoms with Crippen LogP contribution in [-0.2, 0) is 10.0 Å². The van der Waals surface area contributed by atoms with E-state index in [-0.39, 0.29) is 11.7 Å². The van der Waals surface area contributed by atoms with E-state index in [2.05, 4.69) is 27.7 Å². The average molecular weight is 446 g/mol. The van der Waals surface area contributed by atoms with Gasteiger partial charge in [0.2, 0.25) is 10.0 Å². The van der Waals surface area contributed by atoms with E-state index in [9.17, 15) is 13.2 Å². The van der Waals surface area contributed by atoms with E-state index >= 15 is 0 Å². The van der Waals surface area contributed by atoms with Gasteiger partial charge in [0.05, 0.1) is 23.7 Å². The minimum absolute atomic E-state index is 0.247. The number of hydrogen-bond acceptors (Lipinski definition) is 5. The summed E-state index contributed by atoms with van der Waals surface area (Å²) in [5.74, 6) is 0.577. The maximum Gasteiger partial charge on any atom is 0.232 e. The number of sulfonamides is 1. The molecule has 1 aromatic carbocycles. The predicted octanol–water partition coefficient (Wildman–Crippen LogP) is 2.78. The van der Waals surface area contributed by atoms with Crippen molar-refractivity contribution in [3.05, 3.63) is 44.9 Å². The number of carbonyl (C=O) groups excluding carboxylic acids is 1. The Morgan fingerprint density at radius 3 is 2.65 bits per heavy atom. The Bertz CT molecular complexity index is 871. The third-order valence-electron chi connectivity index (χ3n) is 3.83. The molecule has 0 aliphatic heterocycles. The second-order valence-corrected chi connectivity index (χ2v) is 8.86. The summed E-state index contributed by atoms with van der Waals surface area (Å²) in [5.41, 5.74) is 1.09. The fourth-order valence-electron chi connectivity index (χ4n) is 2.34. The van der Waals surface area contributed by atoms with Gasteiger partial charge in [0.1, 0.15) is 0 Å². The minimum Gasteiger partial charge on any atom is -0.360 e. The Kier molecular flexibility index (Phi) is 4.21. The molecular weight excluding hydrogens is 431 g/mol. The van der Waals surface area contributed by atoms with Gasteiger partial charge in [-0.1, -0.05) is 5.16 Å². The number of halogens is 1. The van der Waals surface area contributed by atoms with Crippen LogP contribution in [0.1, 0.15) is 40.4 Å². The Morgan fingerprint density at radius 1 is 1.35 bits per heavy atom. The lowest BCUT2D eigenvalue weighted by atomic mass is 10.0. The van der Waals surface area contributed by atoms with Crippen molar-refractivity contribution in [2.24, 2.45) is 0 Å². The molecule has 0 atom stereocenters. The quantitative estimate of drug-likeness (QED) is 0.522. The Labute approximate surface area is 148 Å². The summed E-state index contributed by atoms with van der Waals surface area (Å²) in [4.78, 5) is 12.9. The molecule has 0 spiro atoms. The van der Waals surface area contributed by atoms with Gasteiger partial charge in [0.15, 0.2) is 11.5 Å². The molecule has 0 bridgehead atoms. The van der Waals surface area contributed by atoms with Gasteiger partial charge in [0, 0.05) is 22.1 Å². The molecule has 8 heteroatoms. The first kappa shape index (κ1) is 16.4. The van der Waals surface area contributed by atoms with Gasteiger partial charge in [-0.3, -0.25) is 9.10 Å². The molecule has 122 valence electrons. The van der Waals surface area contributed by atoms with Gasteiger partial charge in [0.25, 0.3) is 0 Å². The van der Waals surface area contributed by atoms with Gasteiger partial charge < -0.3 is 4.52 Å². The van der Waals surface area contributed by atoms with E-state index in [0.717, 1.165) is 27.0 Å².